The number of carbonyl (C=O) groups excluding carboxylic acids is 1. The molecule has 0 N–H and O–H groups in total. The van der Waals surface area contributed by atoms with E-state index in [1.165, 1.54) is 57.8 Å². The number of hydrogen-bond acceptors (Lipinski definition) is 2. The molecule has 26 heavy (non-hydrogen) atoms. The number of esters is 1. The Morgan fingerprint density at radius 3 is 2.81 bits per heavy atom. The first-order chi connectivity index (χ1) is 12.5. The SMILES string of the molecule is CCOC(=O)CC[C@H]1CC[C@H]2[C@@H]3CC=C4CCCC[C@]4(C)[C@H]3CC[C@]12C. The number of rotatable bonds is 4. The lowest BCUT2D eigenvalue weighted by atomic mass is 9.47. The molecule has 146 valence electrons. The van der Waals surface area contributed by atoms with Gasteiger partial charge >= 0.3 is 5.97 Å². The first-order valence-electron chi connectivity index (χ1n) is 11.3. The third kappa shape index (κ3) is 2.87. The summed E-state index contributed by atoms with van der Waals surface area (Å²) in [6.07, 6.45) is 16.8. The second-order valence-electron chi connectivity index (χ2n) is 10.1. The van der Waals surface area contributed by atoms with Crippen LogP contribution in [0.25, 0.3) is 0 Å². The molecule has 0 spiro atoms. The van der Waals surface area contributed by atoms with E-state index < -0.39 is 0 Å². The molecule has 3 saturated carbocycles. The summed E-state index contributed by atoms with van der Waals surface area (Å²) in [4.78, 5) is 11.9. The lowest BCUT2D eigenvalue weighted by molar-refractivity contribution is -0.143. The zero-order valence-electron chi connectivity index (χ0n) is 17.2. The predicted molar refractivity (Wildman–Crippen MR) is 106 cm³/mol. The Balaban J connectivity index is 1.49. The molecule has 4 rings (SSSR count). The van der Waals surface area contributed by atoms with Crippen LogP contribution < -0.4 is 0 Å². The molecular formula is C24H38O2. The molecule has 0 radical (unpaired) electrons. The predicted octanol–water partition coefficient (Wildman–Crippen LogP) is 6.30. The van der Waals surface area contributed by atoms with Gasteiger partial charge in [-0.15, -0.1) is 0 Å². The van der Waals surface area contributed by atoms with Crippen LogP contribution in [0.1, 0.15) is 91.4 Å². The standard InChI is InChI=1S/C24H38O2/c1-4-26-22(25)13-10-18-9-12-20-19-11-8-17-7-5-6-15-23(17,2)21(19)14-16-24(18,20)3/h8,18-21H,4-7,9-16H2,1-3H3/t18-,19+,20+,21+,23+,24-/m1/s1. The van der Waals surface area contributed by atoms with Gasteiger partial charge in [0.1, 0.15) is 0 Å². The van der Waals surface area contributed by atoms with E-state index in [4.69, 9.17) is 4.74 Å². The molecule has 3 fully saturated rings. The summed E-state index contributed by atoms with van der Waals surface area (Å²) >= 11 is 0. The Kier molecular flexibility index (Phi) is 4.99. The van der Waals surface area contributed by atoms with E-state index in [9.17, 15) is 4.79 Å². The zero-order valence-corrected chi connectivity index (χ0v) is 17.2. The Hall–Kier alpha value is -0.790. The van der Waals surface area contributed by atoms with E-state index in [2.05, 4.69) is 19.9 Å². The fraction of sp³-hybridized carbons (Fsp3) is 0.875. The molecule has 0 unspecified atom stereocenters. The lowest BCUT2D eigenvalue weighted by Gasteiger charge is -2.57. The maximum atomic E-state index is 11.9. The van der Waals surface area contributed by atoms with Crippen molar-refractivity contribution in [1.29, 1.82) is 0 Å². The topological polar surface area (TPSA) is 26.3 Å². The molecule has 0 aromatic heterocycles. The molecule has 0 aromatic rings. The van der Waals surface area contributed by atoms with E-state index in [0.29, 0.717) is 23.9 Å². The minimum Gasteiger partial charge on any atom is -0.466 e. The Morgan fingerprint density at radius 2 is 2.00 bits per heavy atom. The molecule has 0 amide bonds. The lowest BCUT2D eigenvalue weighted by Crippen LogP contribution is -2.49. The zero-order chi connectivity index (χ0) is 18.4. The Morgan fingerprint density at radius 1 is 1.15 bits per heavy atom. The Labute approximate surface area is 160 Å². The van der Waals surface area contributed by atoms with Crippen LogP contribution in [-0.4, -0.2) is 12.6 Å². The van der Waals surface area contributed by atoms with Crippen LogP contribution in [0.3, 0.4) is 0 Å². The van der Waals surface area contributed by atoms with Crippen molar-refractivity contribution in [2.75, 3.05) is 6.61 Å². The molecule has 2 nitrogen and oxygen atoms in total. The molecule has 0 heterocycles. The van der Waals surface area contributed by atoms with Gasteiger partial charge in [-0.3, -0.25) is 4.79 Å². The van der Waals surface area contributed by atoms with Gasteiger partial charge in [0.25, 0.3) is 0 Å². The summed E-state index contributed by atoms with van der Waals surface area (Å²) < 4.78 is 5.18. The van der Waals surface area contributed by atoms with Crippen molar-refractivity contribution < 1.29 is 9.53 Å². The van der Waals surface area contributed by atoms with Crippen LogP contribution >= 0.6 is 0 Å². The monoisotopic (exact) mass is 358 g/mol. The highest BCUT2D eigenvalue weighted by molar-refractivity contribution is 5.69. The highest BCUT2D eigenvalue weighted by Crippen LogP contribution is 2.66. The van der Waals surface area contributed by atoms with Crippen LogP contribution in [0, 0.1) is 34.5 Å². The maximum absolute atomic E-state index is 11.9. The van der Waals surface area contributed by atoms with Crippen molar-refractivity contribution in [3.8, 4) is 0 Å². The number of allylic oxidation sites excluding steroid dienone is 2. The number of fused-ring (bicyclic) bond motifs is 5. The minimum atomic E-state index is 0.00759. The van der Waals surface area contributed by atoms with Crippen molar-refractivity contribution in [3.63, 3.8) is 0 Å². The van der Waals surface area contributed by atoms with Crippen molar-refractivity contribution >= 4 is 5.97 Å². The maximum Gasteiger partial charge on any atom is 0.305 e. The van der Waals surface area contributed by atoms with Crippen LogP contribution in [-0.2, 0) is 9.53 Å². The van der Waals surface area contributed by atoms with Crippen molar-refractivity contribution in [2.24, 2.45) is 34.5 Å². The van der Waals surface area contributed by atoms with Crippen LogP contribution in [0.4, 0.5) is 0 Å². The molecule has 4 aliphatic rings. The number of hydrogen-bond donors (Lipinski definition) is 0. The van der Waals surface area contributed by atoms with Crippen LogP contribution in [0.15, 0.2) is 11.6 Å². The summed E-state index contributed by atoms with van der Waals surface area (Å²) in [5.41, 5.74) is 2.78. The average Bonchev–Trinajstić information content (AvgIpc) is 2.96. The first kappa shape index (κ1) is 18.6. The Bertz CT molecular complexity index is 579. The van der Waals surface area contributed by atoms with Crippen molar-refractivity contribution in [2.45, 2.75) is 91.4 Å². The minimum absolute atomic E-state index is 0.00759. The highest BCUT2D eigenvalue weighted by atomic mass is 16.5. The van der Waals surface area contributed by atoms with Gasteiger partial charge in [-0.2, -0.15) is 0 Å². The summed E-state index contributed by atoms with van der Waals surface area (Å²) in [7, 11) is 0. The molecule has 0 saturated heterocycles. The quantitative estimate of drug-likeness (QED) is 0.435. The van der Waals surface area contributed by atoms with Crippen molar-refractivity contribution in [1.82, 2.24) is 0 Å². The molecule has 0 aliphatic heterocycles. The van der Waals surface area contributed by atoms with E-state index >= 15 is 0 Å². The normalized spacial score (nSPS) is 44.5. The smallest absolute Gasteiger partial charge is 0.305 e. The third-order valence-corrected chi connectivity index (χ3v) is 9.22. The molecular weight excluding hydrogens is 320 g/mol. The first-order valence-corrected chi connectivity index (χ1v) is 11.3. The molecule has 0 aromatic carbocycles. The highest BCUT2D eigenvalue weighted by Gasteiger charge is 2.57. The fourth-order valence-corrected chi connectivity index (χ4v) is 7.81. The molecule has 4 aliphatic carbocycles. The van der Waals surface area contributed by atoms with Crippen LogP contribution in [0.2, 0.25) is 0 Å². The number of ether oxygens (including phenoxy) is 1. The average molecular weight is 359 g/mol. The molecule has 6 atom stereocenters. The van der Waals surface area contributed by atoms with E-state index in [-0.39, 0.29) is 5.97 Å². The third-order valence-electron chi connectivity index (χ3n) is 9.22. The van der Waals surface area contributed by atoms with Gasteiger partial charge in [0.15, 0.2) is 0 Å². The molecule has 0 bridgehead atoms. The van der Waals surface area contributed by atoms with Gasteiger partial charge in [0.05, 0.1) is 6.61 Å². The molecule has 2 heteroatoms. The summed E-state index contributed by atoms with van der Waals surface area (Å²) in [6, 6.07) is 0. The van der Waals surface area contributed by atoms with Crippen LogP contribution in [0.5, 0.6) is 0 Å². The summed E-state index contributed by atoms with van der Waals surface area (Å²) in [6.45, 7) is 7.59. The van der Waals surface area contributed by atoms with Gasteiger partial charge in [0.2, 0.25) is 0 Å². The van der Waals surface area contributed by atoms with E-state index in [1.807, 2.05) is 12.5 Å². The van der Waals surface area contributed by atoms with Gasteiger partial charge in [-0.25, -0.2) is 0 Å². The number of carbonyl (C=O) groups is 1. The summed E-state index contributed by atoms with van der Waals surface area (Å²) in [5, 5.41) is 0. The second-order valence-corrected chi connectivity index (χ2v) is 10.1. The van der Waals surface area contributed by atoms with Gasteiger partial charge in [-0.05, 0) is 99.2 Å². The second kappa shape index (κ2) is 6.99. The summed E-state index contributed by atoms with van der Waals surface area (Å²) in [5.74, 6) is 3.43. The van der Waals surface area contributed by atoms with Gasteiger partial charge in [0, 0.05) is 6.42 Å². The largest absolute Gasteiger partial charge is 0.466 e. The van der Waals surface area contributed by atoms with Gasteiger partial charge < -0.3 is 4.74 Å². The van der Waals surface area contributed by atoms with E-state index in [0.717, 1.165) is 30.1 Å². The van der Waals surface area contributed by atoms with E-state index in [1.54, 1.807) is 0 Å². The fourth-order valence-electron chi connectivity index (χ4n) is 7.81. The van der Waals surface area contributed by atoms with Gasteiger partial charge in [-0.1, -0.05) is 31.9 Å². The van der Waals surface area contributed by atoms with Crippen molar-refractivity contribution in [3.05, 3.63) is 11.6 Å².